The van der Waals surface area contributed by atoms with Crippen LogP contribution < -0.4 is 4.80 Å². The highest BCUT2D eigenvalue weighted by Gasteiger charge is 2.16. The molecule has 0 saturated heterocycles. The Morgan fingerprint density at radius 2 is 1.80 bits per heavy atom. The van der Waals surface area contributed by atoms with E-state index in [9.17, 15) is 13.2 Å². The van der Waals surface area contributed by atoms with Crippen LogP contribution >= 0.6 is 11.3 Å². The third kappa shape index (κ3) is 3.80. The van der Waals surface area contributed by atoms with Crippen LogP contribution in [0.1, 0.15) is 6.92 Å². The fourth-order valence-electron chi connectivity index (χ4n) is 2.33. The van der Waals surface area contributed by atoms with Crippen molar-refractivity contribution in [2.45, 2.75) is 18.4 Å². The van der Waals surface area contributed by atoms with E-state index in [1.165, 1.54) is 23.5 Å². The molecule has 0 aliphatic rings. The lowest BCUT2D eigenvalue weighted by Gasteiger charge is -2.05. The largest absolute Gasteiger partial charge is 0.465 e. The van der Waals surface area contributed by atoms with Gasteiger partial charge in [0.2, 0.25) is 4.80 Å². The van der Waals surface area contributed by atoms with E-state index in [1.54, 1.807) is 29.7 Å². The third-order valence-electron chi connectivity index (χ3n) is 3.42. The number of para-hydroxylation sites is 1. The van der Waals surface area contributed by atoms with Crippen molar-refractivity contribution >= 4 is 37.5 Å². The number of sulfonamides is 1. The molecule has 2 aromatic carbocycles. The molecule has 130 valence electrons. The van der Waals surface area contributed by atoms with Gasteiger partial charge in [0, 0.05) is 0 Å². The molecule has 3 rings (SSSR count). The van der Waals surface area contributed by atoms with Gasteiger partial charge in [-0.1, -0.05) is 41.7 Å². The summed E-state index contributed by atoms with van der Waals surface area (Å²) in [6, 6.07) is 15.3. The number of hydrogen-bond donors (Lipinski definition) is 0. The van der Waals surface area contributed by atoms with E-state index < -0.39 is 16.0 Å². The van der Waals surface area contributed by atoms with E-state index in [2.05, 4.69) is 4.40 Å². The zero-order chi connectivity index (χ0) is 17.9. The Balaban J connectivity index is 2.17. The first-order chi connectivity index (χ1) is 12.0. The topological polar surface area (TPSA) is 77.7 Å². The molecule has 25 heavy (non-hydrogen) atoms. The summed E-state index contributed by atoms with van der Waals surface area (Å²) in [6.45, 7) is 1.89. The summed E-state index contributed by atoms with van der Waals surface area (Å²) in [7, 11) is -3.87. The van der Waals surface area contributed by atoms with E-state index in [4.69, 9.17) is 4.74 Å². The molecule has 0 unspecified atom stereocenters. The van der Waals surface area contributed by atoms with Gasteiger partial charge < -0.3 is 9.30 Å². The van der Waals surface area contributed by atoms with Crippen molar-refractivity contribution in [1.29, 1.82) is 0 Å². The number of ether oxygens (including phenoxy) is 1. The van der Waals surface area contributed by atoms with Crippen LogP contribution in [-0.4, -0.2) is 25.6 Å². The number of fused-ring (bicyclic) bond motifs is 1. The fourth-order valence-corrected chi connectivity index (χ4v) is 4.58. The number of aromatic nitrogens is 1. The van der Waals surface area contributed by atoms with Gasteiger partial charge in [-0.05, 0) is 31.2 Å². The van der Waals surface area contributed by atoms with E-state index in [1.807, 2.05) is 24.3 Å². The van der Waals surface area contributed by atoms with Crippen LogP contribution in [0.15, 0.2) is 63.9 Å². The molecule has 0 atom stereocenters. The quantitative estimate of drug-likeness (QED) is 0.641. The molecular weight excluding hydrogens is 360 g/mol. The van der Waals surface area contributed by atoms with Crippen LogP contribution in [0.2, 0.25) is 0 Å². The van der Waals surface area contributed by atoms with Crippen molar-refractivity contribution in [3.05, 3.63) is 59.4 Å². The Bertz CT molecular complexity index is 1070. The first-order valence-corrected chi connectivity index (χ1v) is 9.87. The van der Waals surface area contributed by atoms with Crippen molar-refractivity contribution in [3.8, 4) is 0 Å². The number of thiazole rings is 1. The maximum Gasteiger partial charge on any atom is 0.326 e. The monoisotopic (exact) mass is 376 g/mol. The zero-order valence-corrected chi connectivity index (χ0v) is 15.1. The number of benzene rings is 2. The zero-order valence-electron chi connectivity index (χ0n) is 13.5. The molecule has 0 aliphatic heterocycles. The highest BCUT2D eigenvalue weighted by Crippen LogP contribution is 2.18. The summed E-state index contributed by atoms with van der Waals surface area (Å²) in [5.74, 6) is -0.440. The van der Waals surface area contributed by atoms with Gasteiger partial charge in [-0.25, -0.2) is 0 Å². The first-order valence-electron chi connectivity index (χ1n) is 7.61. The van der Waals surface area contributed by atoms with Crippen molar-refractivity contribution in [3.63, 3.8) is 0 Å². The van der Waals surface area contributed by atoms with Gasteiger partial charge in [-0.2, -0.15) is 8.42 Å². The molecule has 0 radical (unpaired) electrons. The summed E-state index contributed by atoms with van der Waals surface area (Å²) in [6.07, 6.45) is 0. The lowest BCUT2D eigenvalue weighted by atomic mass is 10.3. The van der Waals surface area contributed by atoms with Gasteiger partial charge in [0.1, 0.15) is 6.54 Å². The highest BCUT2D eigenvalue weighted by atomic mass is 32.2. The molecule has 0 amide bonds. The van der Waals surface area contributed by atoms with Crippen LogP contribution in [-0.2, 0) is 26.1 Å². The van der Waals surface area contributed by atoms with Crippen molar-refractivity contribution in [2.24, 2.45) is 4.40 Å². The minimum absolute atomic E-state index is 0.0962. The first kappa shape index (κ1) is 17.4. The lowest BCUT2D eigenvalue weighted by molar-refractivity contribution is -0.143. The van der Waals surface area contributed by atoms with Crippen LogP contribution in [0.5, 0.6) is 0 Å². The smallest absolute Gasteiger partial charge is 0.326 e. The number of hydrogen-bond acceptors (Lipinski definition) is 5. The fraction of sp³-hybridized carbons (Fsp3) is 0.176. The molecule has 1 aromatic heterocycles. The van der Waals surface area contributed by atoms with Crippen molar-refractivity contribution < 1.29 is 17.9 Å². The molecule has 0 fully saturated rings. The Kier molecular flexibility index (Phi) is 5.00. The van der Waals surface area contributed by atoms with E-state index in [0.717, 1.165) is 10.2 Å². The maximum absolute atomic E-state index is 12.6. The van der Waals surface area contributed by atoms with Gasteiger partial charge in [-0.15, -0.1) is 4.40 Å². The van der Waals surface area contributed by atoms with Crippen molar-refractivity contribution in [1.82, 2.24) is 4.57 Å². The molecule has 6 nitrogen and oxygen atoms in total. The molecule has 0 aliphatic carbocycles. The standard InChI is InChI=1S/C17H16N2O4S2/c1-2-23-16(20)12-19-14-10-6-7-11-15(14)24-17(19)18-25(21,22)13-8-4-3-5-9-13/h3-11H,2,12H2,1H3. The summed E-state index contributed by atoms with van der Waals surface area (Å²) in [5, 5.41) is 0. The number of nitrogens with zero attached hydrogens (tertiary/aromatic N) is 2. The average Bonchev–Trinajstić information content (AvgIpc) is 2.93. The second kappa shape index (κ2) is 7.20. The third-order valence-corrected chi connectivity index (χ3v) is 5.88. The second-order valence-electron chi connectivity index (χ2n) is 5.12. The molecule has 0 spiro atoms. The summed E-state index contributed by atoms with van der Waals surface area (Å²) in [4.78, 5) is 12.3. The Morgan fingerprint density at radius 3 is 2.52 bits per heavy atom. The molecule has 0 bridgehead atoms. The van der Waals surface area contributed by atoms with E-state index in [0.29, 0.717) is 0 Å². The summed E-state index contributed by atoms with van der Waals surface area (Å²) in [5.41, 5.74) is 0.738. The highest BCUT2D eigenvalue weighted by molar-refractivity contribution is 7.90. The van der Waals surface area contributed by atoms with Crippen LogP contribution in [0, 0.1) is 0 Å². The minimum atomic E-state index is -3.87. The van der Waals surface area contributed by atoms with Gasteiger partial charge in [0.15, 0.2) is 0 Å². The summed E-state index contributed by atoms with van der Waals surface area (Å²) < 4.78 is 36.5. The number of carbonyl (C=O) groups excluding carboxylic acids is 1. The predicted octanol–water partition coefficient (Wildman–Crippen LogP) is 2.56. The maximum atomic E-state index is 12.6. The molecule has 0 saturated carbocycles. The molecule has 8 heteroatoms. The number of rotatable bonds is 5. The number of esters is 1. The van der Waals surface area contributed by atoms with Gasteiger partial charge in [-0.3, -0.25) is 4.79 Å². The Morgan fingerprint density at radius 1 is 1.12 bits per heavy atom. The Labute approximate surface area is 149 Å². The van der Waals surface area contributed by atoms with E-state index in [-0.39, 0.29) is 22.8 Å². The average molecular weight is 376 g/mol. The van der Waals surface area contributed by atoms with Crippen molar-refractivity contribution in [2.75, 3.05) is 6.61 Å². The Hall–Kier alpha value is -2.45. The molecule has 1 heterocycles. The van der Waals surface area contributed by atoms with Crippen LogP contribution in [0.3, 0.4) is 0 Å². The van der Waals surface area contributed by atoms with Crippen LogP contribution in [0.4, 0.5) is 0 Å². The van der Waals surface area contributed by atoms with E-state index >= 15 is 0 Å². The minimum Gasteiger partial charge on any atom is -0.465 e. The molecule has 0 N–H and O–H groups in total. The van der Waals surface area contributed by atoms with Gasteiger partial charge in [0.25, 0.3) is 10.0 Å². The number of carbonyl (C=O) groups is 1. The van der Waals surface area contributed by atoms with Gasteiger partial charge in [0.05, 0.1) is 21.7 Å². The van der Waals surface area contributed by atoms with Gasteiger partial charge >= 0.3 is 5.97 Å². The normalized spacial score (nSPS) is 12.4. The molecular formula is C17H16N2O4S2. The molecule has 3 aromatic rings. The summed E-state index contributed by atoms with van der Waals surface area (Å²) >= 11 is 1.21. The lowest BCUT2D eigenvalue weighted by Crippen LogP contribution is -2.23. The predicted molar refractivity (Wildman–Crippen MR) is 95.6 cm³/mol. The second-order valence-corrected chi connectivity index (χ2v) is 7.74. The SMILES string of the molecule is CCOC(=O)Cn1c(=NS(=O)(=O)c2ccccc2)sc2ccccc21. The van der Waals surface area contributed by atoms with Crippen LogP contribution in [0.25, 0.3) is 10.2 Å².